The van der Waals surface area contributed by atoms with Gasteiger partial charge in [-0.15, -0.1) is 0 Å². The zero-order valence-electron chi connectivity index (χ0n) is 12.5. The van der Waals surface area contributed by atoms with E-state index in [0.29, 0.717) is 0 Å². The molecule has 0 bridgehead atoms. The highest BCUT2D eigenvalue weighted by molar-refractivity contribution is 7.89. The minimum atomic E-state index is -3.93. The van der Waals surface area contributed by atoms with Crippen LogP contribution in [0.2, 0.25) is 0 Å². The molecule has 0 spiro atoms. The van der Waals surface area contributed by atoms with Gasteiger partial charge in [-0.05, 0) is 48.6 Å². The lowest BCUT2D eigenvalue weighted by molar-refractivity contribution is -0.154. The second-order valence-electron chi connectivity index (χ2n) is 5.81. The van der Waals surface area contributed by atoms with E-state index in [-0.39, 0.29) is 10.8 Å². The van der Waals surface area contributed by atoms with Crippen molar-refractivity contribution >= 4 is 26.8 Å². The molecule has 1 aliphatic carbocycles. The number of aliphatic carboxylic acids is 1. The first kappa shape index (κ1) is 15.9. The van der Waals surface area contributed by atoms with Gasteiger partial charge in [-0.1, -0.05) is 34.7 Å². The fraction of sp³-hybridized carbons (Fsp3) is 0.312. The summed E-state index contributed by atoms with van der Waals surface area (Å²) >= 11 is 0. The minimum absolute atomic E-state index is 0.0359. The Morgan fingerprint density at radius 1 is 1.22 bits per heavy atom. The van der Waals surface area contributed by atoms with Gasteiger partial charge in [-0.3, -0.25) is 4.84 Å². The summed E-state index contributed by atoms with van der Waals surface area (Å²) in [5.74, 6) is -1.29. The van der Waals surface area contributed by atoms with Crippen molar-refractivity contribution in [3.05, 3.63) is 42.0 Å². The second-order valence-corrected chi connectivity index (χ2v) is 7.46. The van der Waals surface area contributed by atoms with Crippen LogP contribution in [0.15, 0.2) is 41.3 Å². The van der Waals surface area contributed by atoms with Gasteiger partial charge in [0.15, 0.2) is 6.10 Å². The number of carboxylic acids is 1. The molecule has 1 aliphatic rings. The first-order valence-electron chi connectivity index (χ1n) is 7.27. The molecule has 1 fully saturated rings. The summed E-state index contributed by atoms with van der Waals surface area (Å²) in [5, 5.41) is 10.8. The lowest BCUT2D eigenvalue weighted by Gasteiger charge is -2.13. The van der Waals surface area contributed by atoms with E-state index in [0.717, 1.165) is 29.2 Å². The molecule has 1 atom stereocenters. The number of hydrogen-bond donors (Lipinski definition) is 2. The molecule has 1 unspecified atom stereocenters. The quantitative estimate of drug-likeness (QED) is 0.790. The summed E-state index contributed by atoms with van der Waals surface area (Å²) in [7, 11) is -3.93. The summed E-state index contributed by atoms with van der Waals surface area (Å²) in [6.07, 6.45) is 0.315. The summed E-state index contributed by atoms with van der Waals surface area (Å²) in [4.78, 5) is 18.0. The van der Waals surface area contributed by atoms with Crippen LogP contribution in [-0.4, -0.2) is 25.6 Å². The molecular weight excluding hydrogens is 318 g/mol. The van der Waals surface area contributed by atoms with Crippen LogP contribution in [0.3, 0.4) is 0 Å². The van der Waals surface area contributed by atoms with Gasteiger partial charge in [0, 0.05) is 0 Å². The topological polar surface area (TPSA) is 92.7 Å². The predicted octanol–water partition coefficient (Wildman–Crippen LogP) is 2.22. The minimum Gasteiger partial charge on any atom is -0.479 e. The summed E-state index contributed by atoms with van der Waals surface area (Å²) in [6.45, 7) is 1.96. The smallest absolute Gasteiger partial charge is 0.335 e. The molecule has 0 heterocycles. The van der Waals surface area contributed by atoms with Gasteiger partial charge < -0.3 is 5.11 Å². The molecule has 0 saturated heterocycles. The van der Waals surface area contributed by atoms with Crippen molar-refractivity contribution in [2.75, 3.05) is 0 Å². The first-order valence-corrected chi connectivity index (χ1v) is 8.76. The van der Waals surface area contributed by atoms with Gasteiger partial charge >= 0.3 is 5.97 Å². The number of sulfonamides is 1. The van der Waals surface area contributed by atoms with Gasteiger partial charge in [-0.25, -0.2) is 13.2 Å². The van der Waals surface area contributed by atoms with Crippen molar-refractivity contribution in [3.8, 4) is 0 Å². The Morgan fingerprint density at radius 3 is 2.52 bits per heavy atom. The highest BCUT2D eigenvalue weighted by Crippen LogP contribution is 2.34. The Bertz CT molecular complexity index is 858. The largest absolute Gasteiger partial charge is 0.479 e. The Kier molecular flexibility index (Phi) is 4.09. The Hall–Kier alpha value is -1.96. The molecule has 3 rings (SSSR count). The van der Waals surface area contributed by atoms with E-state index in [2.05, 4.69) is 0 Å². The number of aryl methyl sites for hydroxylation is 1. The number of fused-ring (bicyclic) bond motifs is 1. The predicted molar refractivity (Wildman–Crippen MR) is 84.2 cm³/mol. The number of benzene rings is 2. The van der Waals surface area contributed by atoms with Crippen molar-refractivity contribution in [2.24, 2.45) is 5.92 Å². The van der Waals surface area contributed by atoms with E-state index in [1.165, 1.54) is 12.1 Å². The van der Waals surface area contributed by atoms with E-state index >= 15 is 0 Å². The lowest BCUT2D eigenvalue weighted by atomic mass is 10.1. The molecule has 0 aromatic heterocycles. The number of hydrogen-bond acceptors (Lipinski definition) is 4. The third kappa shape index (κ3) is 3.52. The molecule has 0 amide bonds. The van der Waals surface area contributed by atoms with Crippen LogP contribution < -0.4 is 4.89 Å². The van der Waals surface area contributed by atoms with Crippen LogP contribution in [-0.2, 0) is 19.7 Å². The lowest BCUT2D eigenvalue weighted by Crippen LogP contribution is -2.35. The normalized spacial score (nSPS) is 16.4. The zero-order chi connectivity index (χ0) is 16.6. The molecule has 2 N–H and O–H groups in total. The Balaban J connectivity index is 1.81. The number of rotatable bonds is 6. The summed E-state index contributed by atoms with van der Waals surface area (Å²) in [5.41, 5.74) is 1.09. The summed E-state index contributed by atoms with van der Waals surface area (Å²) in [6, 6.07) is 10.4. The number of carboxylic acid groups (broad SMARTS) is 1. The van der Waals surface area contributed by atoms with E-state index in [4.69, 9.17) is 9.94 Å². The Morgan fingerprint density at radius 2 is 1.87 bits per heavy atom. The number of carbonyl (C=O) groups is 1. The maximum Gasteiger partial charge on any atom is 0.335 e. The third-order valence-electron chi connectivity index (χ3n) is 3.86. The van der Waals surface area contributed by atoms with E-state index < -0.39 is 22.1 Å². The van der Waals surface area contributed by atoms with Crippen molar-refractivity contribution in [2.45, 2.75) is 30.8 Å². The molecule has 6 nitrogen and oxygen atoms in total. The standard InChI is InChI=1S/C16H17NO5S/c1-10-2-3-13-9-14(7-6-12(13)8-10)23(20,21)17-22-15(16(18)19)11-4-5-11/h2-3,6-9,11,15,17H,4-5H2,1H3,(H,18,19). The molecule has 7 heteroatoms. The molecule has 0 aliphatic heterocycles. The molecule has 1 saturated carbocycles. The maximum absolute atomic E-state index is 12.3. The third-order valence-corrected chi connectivity index (χ3v) is 5.05. The van der Waals surface area contributed by atoms with Crippen LogP contribution in [0.5, 0.6) is 0 Å². The zero-order valence-corrected chi connectivity index (χ0v) is 13.3. The van der Waals surface area contributed by atoms with E-state index in [9.17, 15) is 13.2 Å². The number of nitrogens with one attached hydrogen (secondary N) is 1. The molecule has 2 aromatic carbocycles. The van der Waals surface area contributed by atoms with Gasteiger partial charge in [0.2, 0.25) is 0 Å². The summed E-state index contributed by atoms with van der Waals surface area (Å²) < 4.78 is 24.6. The fourth-order valence-electron chi connectivity index (χ4n) is 2.42. The fourth-order valence-corrected chi connectivity index (χ4v) is 3.28. The molecule has 0 radical (unpaired) electrons. The van der Waals surface area contributed by atoms with E-state index in [1.807, 2.05) is 30.0 Å². The first-order chi connectivity index (χ1) is 10.9. The molecule has 23 heavy (non-hydrogen) atoms. The molecular formula is C16H17NO5S. The monoisotopic (exact) mass is 335 g/mol. The van der Waals surface area contributed by atoms with Crippen molar-refractivity contribution < 1.29 is 23.2 Å². The van der Waals surface area contributed by atoms with Crippen LogP contribution in [0.1, 0.15) is 18.4 Å². The van der Waals surface area contributed by atoms with Gasteiger partial charge in [-0.2, -0.15) is 0 Å². The van der Waals surface area contributed by atoms with Gasteiger partial charge in [0.25, 0.3) is 10.0 Å². The van der Waals surface area contributed by atoms with Gasteiger partial charge in [0.05, 0.1) is 4.90 Å². The molecule has 122 valence electrons. The van der Waals surface area contributed by atoms with Crippen LogP contribution >= 0.6 is 0 Å². The van der Waals surface area contributed by atoms with Crippen molar-refractivity contribution in [1.29, 1.82) is 0 Å². The maximum atomic E-state index is 12.3. The van der Waals surface area contributed by atoms with Crippen molar-refractivity contribution in [1.82, 2.24) is 4.89 Å². The second kappa shape index (κ2) is 5.92. The van der Waals surface area contributed by atoms with Gasteiger partial charge in [0.1, 0.15) is 0 Å². The van der Waals surface area contributed by atoms with Crippen molar-refractivity contribution in [3.63, 3.8) is 0 Å². The van der Waals surface area contributed by atoms with Crippen LogP contribution in [0.25, 0.3) is 10.8 Å². The SMILES string of the molecule is Cc1ccc2cc(S(=O)(=O)NOC(C(=O)O)C3CC3)ccc2c1. The average molecular weight is 335 g/mol. The Labute approximate surface area is 134 Å². The highest BCUT2D eigenvalue weighted by atomic mass is 32.2. The van der Waals surface area contributed by atoms with Crippen LogP contribution in [0.4, 0.5) is 0 Å². The highest BCUT2D eigenvalue weighted by Gasteiger charge is 2.38. The average Bonchev–Trinajstić information content (AvgIpc) is 3.31. The van der Waals surface area contributed by atoms with E-state index in [1.54, 1.807) is 6.07 Å². The molecule has 2 aromatic rings. The van der Waals surface area contributed by atoms with Crippen LogP contribution in [0, 0.1) is 12.8 Å².